The summed E-state index contributed by atoms with van der Waals surface area (Å²) < 4.78 is 6.26. The molecule has 0 amide bonds. The number of nitrogens with one attached hydrogen (secondary N) is 2. The van der Waals surface area contributed by atoms with Gasteiger partial charge in [0.2, 0.25) is 0 Å². The number of rotatable bonds is 9. The van der Waals surface area contributed by atoms with E-state index in [4.69, 9.17) is 4.74 Å². The van der Waals surface area contributed by atoms with Crippen molar-refractivity contribution in [1.29, 1.82) is 0 Å². The fourth-order valence-corrected chi connectivity index (χ4v) is 3.46. The molecule has 6 nitrogen and oxygen atoms in total. The fraction of sp³-hybridized carbons (Fsp3) is 0.500. The second kappa shape index (κ2) is 12.4. The van der Waals surface area contributed by atoms with E-state index in [0.29, 0.717) is 12.5 Å². The Balaban J connectivity index is 0.00000338. The van der Waals surface area contributed by atoms with E-state index in [1.165, 1.54) is 10.1 Å². The quantitative estimate of drug-likeness (QED) is 0.285. The third-order valence-electron chi connectivity index (χ3n) is 3.92. The standard InChI is InChI=1S/C18H28N4O2S.HI/c1-19-18(20-8-9-22(2)10-11-24-3)21-13-15(23)17-12-14-6-4-5-7-16(14)25-17;/h4-7,12,15,23H,8-11,13H2,1-3H3,(H2,19,20,21);1H. The number of likely N-dealkylation sites (N-methyl/N-ethyl adjacent to an activating group) is 1. The number of thiophene rings is 1. The molecule has 0 aliphatic heterocycles. The van der Waals surface area contributed by atoms with E-state index in [-0.39, 0.29) is 24.0 Å². The highest BCUT2D eigenvalue weighted by Gasteiger charge is 2.12. The van der Waals surface area contributed by atoms with Gasteiger partial charge < -0.3 is 25.4 Å². The summed E-state index contributed by atoms with van der Waals surface area (Å²) in [6, 6.07) is 10.2. The minimum absolute atomic E-state index is 0. The van der Waals surface area contributed by atoms with Crippen LogP contribution < -0.4 is 10.6 Å². The van der Waals surface area contributed by atoms with Crippen LogP contribution in [0.25, 0.3) is 10.1 Å². The number of hydrogen-bond donors (Lipinski definition) is 3. The Labute approximate surface area is 176 Å². The Morgan fingerprint density at radius 1 is 1.31 bits per heavy atom. The molecule has 0 saturated heterocycles. The molecule has 146 valence electrons. The molecule has 1 unspecified atom stereocenters. The summed E-state index contributed by atoms with van der Waals surface area (Å²) in [7, 11) is 5.50. The molecule has 0 bridgehead atoms. The first-order chi connectivity index (χ1) is 12.1. The Kier molecular flexibility index (Phi) is 11.1. The molecule has 0 aliphatic rings. The average molecular weight is 492 g/mol. The average Bonchev–Trinajstić information content (AvgIpc) is 3.06. The summed E-state index contributed by atoms with van der Waals surface area (Å²) in [5.74, 6) is 0.695. The van der Waals surface area contributed by atoms with Crippen molar-refractivity contribution in [1.82, 2.24) is 15.5 Å². The van der Waals surface area contributed by atoms with Crippen molar-refractivity contribution in [3.63, 3.8) is 0 Å². The van der Waals surface area contributed by atoms with Crippen LogP contribution in [0.5, 0.6) is 0 Å². The van der Waals surface area contributed by atoms with Crippen LogP contribution in [0.4, 0.5) is 0 Å². The maximum atomic E-state index is 10.4. The van der Waals surface area contributed by atoms with Crippen LogP contribution in [-0.2, 0) is 4.74 Å². The van der Waals surface area contributed by atoms with Crippen LogP contribution in [0.2, 0.25) is 0 Å². The maximum absolute atomic E-state index is 10.4. The number of aliphatic hydroxyl groups is 1. The van der Waals surface area contributed by atoms with Crippen LogP contribution in [0.3, 0.4) is 0 Å². The highest BCUT2D eigenvalue weighted by molar-refractivity contribution is 14.0. The maximum Gasteiger partial charge on any atom is 0.191 e. The molecule has 0 aliphatic carbocycles. The highest BCUT2D eigenvalue weighted by Crippen LogP contribution is 2.29. The smallest absolute Gasteiger partial charge is 0.191 e. The third-order valence-corrected chi connectivity index (χ3v) is 5.14. The normalized spacial score (nSPS) is 12.9. The van der Waals surface area contributed by atoms with E-state index in [1.807, 2.05) is 18.2 Å². The molecule has 1 aromatic carbocycles. The van der Waals surface area contributed by atoms with E-state index in [2.05, 4.69) is 39.7 Å². The predicted molar refractivity (Wildman–Crippen MR) is 121 cm³/mol. The molecule has 0 radical (unpaired) electrons. The molecule has 8 heteroatoms. The lowest BCUT2D eigenvalue weighted by Gasteiger charge is -2.18. The van der Waals surface area contributed by atoms with Gasteiger partial charge >= 0.3 is 0 Å². The van der Waals surface area contributed by atoms with E-state index in [0.717, 1.165) is 31.1 Å². The molecular formula is C18H29IN4O2S. The van der Waals surface area contributed by atoms with Crippen molar-refractivity contribution < 1.29 is 9.84 Å². The summed E-state index contributed by atoms with van der Waals surface area (Å²) in [6.45, 7) is 3.72. The summed E-state index contributed by atoms with van der Waals surface area (Å²) in [4.78, 5) is 7.35. The molecule has 0 fully saturated rings. The first-order valence-corrected chi connectivity index (χ1v) is 9.24. The van der Waals surface area contributed by atoms with Gasteiger partial charge in [-0.05, 0) is 24.6 Å². The SMILES string of the molecule is CN=C(NCCN(C)CCOC)NCC(O)c1cc2ccccc2s1.I. The summed E-state index contributed by atoms with van der Waals surface area (Å²) >= 11 is 1.63. The van der Waals surface area contributed by atoms with Gasteiger partial charge in [-0.2, -0.15) is 0 Å². The lowest BCUT2D eigenvalue weighted by atomic mass is 10.2. The number of nitrogens with zero attached hydrogens (tertiary/aromatic N) is 2. The van der Waals surface area contributed by atoms with E-state index >= 15 is 0 Å². The topological polar surface area (TPSA) is 69.1 Å². The molecule has 2 rings (SSSR count). The molecule has 1 heterocycles. The number of halogens is 1. The molecule has 1 aromatic heterocycles. The first-order valence-electron chi connectivity index (χ1n) is 8.42. The van der Waals surface area contributed by atoms with Gasteiger partial charge in [0, 0.05) is 49.9 Å². The van der Waals surface area contributed by atoms with E-state index < -0.39 is 6.10 Å². The minimum Gasteiger partial charge on any atom is -0.386 e. The van der Waals surface area contributed by atoms with Gasteiger partial charge in [0.1, 0.15) is 6.10 Å². The number of aliphatic imine (C=N–C) groups is 1. The highest BCUT2D eigenvalue weighted by atomic mass is 127. The Morgan fingerprint density at radius 3 is 2.77 bits per heavy atom. The van der Waals surface area contributed by atoms with Crippen LogP contribution in [-0.4, -0.2) is 70.0 Å². The van der Waals surface area contributed by atoms with Crippen LogP contribution in [0, 0.1) is 0 Å². The number of aliphatic hydroxyl groups excluding tert-OH is 1. The van der Waals surface area contributed by atoms with Gasteiger partial charge in [-0.1, -0.05) is 18.2 Å². The van der Waals surface area contributed by atoms with Gasteiger partial charge in [0.15, 0.2) is 5.96 Å². The zero-order valence-electron chi connectivity index (χ0n) is 15.6. The van der Waals surface area contributed by atoms with Crippen LogP contribution in [0.15, 0.2) is 35.3 Å². The molecular weight excluding hydrogens is 463 g/mol. The largest absolute Gasteiger partial charge is 0.386 e. The molecule has 3 N–H and O–H groups in total. The third kappa shape index (κ3) is 7.36. The van der Waals surface area contributed by atoms with Crippen molar-refractivity contribution >= 4 is 51.4 Å². The van der Waals surface area contributed by atoms with E-state index in [9.17, 15) is 5.11 Å². The van der Waals surface area contributed by atoms with E-state index in [1.54, 1.807) is 25.5 Å². The molecule has 26 heavy (non-hydrogen) atoms. The first kappa shape index (κ1) is 23.1. The van der Waals surface area contributed by atoms with Crippen molar-refractivity contribution in [2.45, 2.75) is 6.10 Å². The van der Waals surface area contributed by atoms with Gasteiger partial charge in [-0.3, -0.25) is 4.99 Å². The lowest BCUT2D eigenvalue weighted by Crippen LogP contribution is -2.42. The summed E-state index contributed by atoms with van der Waals surface area (Å²) in [5.41, 5.74) is 0. The molecule has 0 spiro atoms. The second-order valence-corrected chi connectivity index (χ2v) is 6.99. The monoisotopic (exact) mass is 492 g/mol. The van der Waals surface area contributed by atoms with Crippen LogP contribution in [0.1, 0.15) is 11.0 Å². The zero-order chi connectivity index (χ0) is 18.1. The number of hydrogen-bond acceptors (Lipinski definition) is 5. The van der Waals surface area contributed by atoms with Crippen molar-refractivity contribution in [3.8, 4) is 0 Å². The van der Waals surface area contributed by atoms with Crippen molar-refractivity contribution in [3.05, 3.63) is 35.2 Å². The fourth-order valence-electron chi connectivity index (χ4n) is 2.41. The predicted octanol–water partition coefficient (Wildman–Crippen LogP) is 2.30. The summed E-state index contributed by atoms with van der Waals surface area (Å²) in [6.07, 6.45) is -0.555. The van der Waals surface area contributed by atoms with Gasteiger partial charge in [-0.15, -0.1) is 35.3 Å². The Morgan fingerprint density at radius 2 is 2.08 bits per heavy atom. The van der Waals surface area contributed by atoms with Crippen molar-refractivity contribution in [2.75, 3.05) is 54.0 Å². The number of guanidine groups is 1. The number of benzene rings is 1. The number of methoxy groups -OCH3 is 1. The zero-order valence-corrected chi connectivity index (χ0v) is 18.7. The van der Waals surface area contributed by atoms with Crippen LogP contribution >= 0.6 is 35.3 Å². The molecule has 1 atom stereocenters. The molecule has 2 aromatic rings. The van der Waals surface area contributed by atoms with Gasteiger partial charge in [0.25, 0.3) is 0 Å². The Hall–Kier alpha value is -0.940. The number of fused-ring (bicyclic) bond motifs is 1. The summed E-state index contributed by atoms with van der Waals surface area (Å²) in [5, 5.41) is 18.0. The van der Waals surface area contributed by atoms with Gasteiger partial charge in [0.05, 0.1) is 6.61 Å². The second-order valence-electron chi connectivity index (χ2n) is 5.88. The molecule has 0 saturated carbocycles. The lowest BCUT2D eigenvalue weighted by molar-refractivity contribution is 0.162. The van der Waals surface area contributed by atoms with Crippen molar-refractivity contribution in [2.24, 2.45) is 4.99 Å². The number of ether oxygens (including phenoxy) is 1. The van der Waals surface area contributed by atoms with Gasteiger partial charge in [-0.25, -0.2) is 0 Å². The minimum atomic E-state index is -0.555. The Bertz CT molecular complexity index is 647.